The minimum Gasteiger partial charge on any atom is -0.465 e. The first-order valence-corrected chi connectivity index (χ1v) is 17.2. The van der Waals surface area contributed by atoms with E-state index in [1.165, 1.54) is 18.4 Å². The molecule has 0 aliphatic rings. The Balaban J connectivity index is 0.000000345. The summed E-state index contributed by atoms with van der Waals surface area (Å²) in [6.07, 6.45) is -5.36. The van der Waals surface area contributed by atoms with Gasteiger partial charge in [-0.2, -0.15) is 4.57 Å². The summed E-state index contributed by atoms with van der Waals surface area (Å²) in [6.45, 7) is 0.307. The van der Waals surface area contributed by atoms with Gasteiger partial charge in [-0.15, -0.1) is 21.9 Å². The Morgan fingerprint density at radius 2 is 0.698 bits per heavy atom. The second-order valence-electron chi connectivity index (χ2n) is 12.5. The van der Waals surface area contributed by atoms with Crippen LogP contribution in [0, 0.1) is 116 Å². The van der Waals surface area contributed by atoms with Crippen LogP contribution in [0.5, 0.6) is 0 Å². The van der Waals surface area contributed by atoms with Crippen molar-refractivity contribution < 1.29 is 107 Å². The number of benzene rings is 5. The fourth-order valence-electron chi connectivity index (χ4n) is 6.39. The van der Waals surface area contributed by atoms with E-state index in [1.54, 1.807) is 24.3 Å². The molecule has 26 heteroatoms. The zero-order chi connectivity index (χ0) is 47.3. The lowest BCUT2D eigenvalue weighted by atomic mass is 9.12. The number of methoxy groups -OCH3 is 1. The van der Waals surface area contributed by atoms with E-state index in [9.17, 15) is 62.3 Å². The number of nitrogens with zero attached hydrogens (tertiary/aromatic N) is 1. The lowest BCUT2D eigenvalue weighted by Crippen LogP contribution is -2.81. The topological polar surface area (TPSA) is 47.3 Å². The van der Waals surface area contributed by atoms with E-state index in [0.29, 0.717) is 17.7 Å². The lowest BCUT2D eigenvalue weighted by molar-refractivity contribution is -0.678. The minimum atomic E-state index is -7.22. The van der Waals surface area contributed by atoms with Gasteiger partial charge in [0, 0.05) is 5.56 Å². The largest absolute Gasteiger partial charge is 0.465 e. The van der Waals surface area contributed by atoms with Crippen molar-refractivity contribution >= 4 is 51.1 Å². The summed E-state index contributed by atoms with van der Waals surface area (Å²) in [5.74, 6) is -71.8. The highest BCUT2D eigenvalue weighted by atomic mass is 32.1. The van der Waals surface area contributed by atoms with Crippen molar-refractivity contribution in [2.24, 2.45) is 0 Å². The van der Waals surface area contributed by atoms with Crippen molar-refractivity contribution in [3.63, 3.8) is 0 Å². The number of thiazole rings is 1. The van der Waals surface area contributed by atoms with E-state index in [0.717, 1.165) is 0 Å². The minimum absolute atomic E-state index is 0.00909. The van der Waals surface area contributed by atoms with Crippen LogP contribution in [0.25, 0.3) is 0 Å². The summed E-state index contributed by atoms with van der Waals surface area (Å²) in [5, 5.41) is 1.91. The van der Waals surface area contributed by atoms with Crippen LogP contribution in [-0.2, 0) is 11.3 Å². The second-order valence-corrected chi connectivity index (χ2v) is 13.2. The molecular formula is C37H12BF20NO3S. The molecule has 0 amide bonds. The Hall–Kier alpha value is -6.47. The average Bonchev–Trinajstić information content (AvgIpc) is 3.79. The smallest absolute Gasteiger partial charge is 0.337 e. The molecule has 0 aliphatic heterocycles. The second kappa shape index (κ2) is 17.7. The van der Waals surface area contributed by atoms with E-state index in [-0.39, 0.29) is 5.78 Å². The molecule has 0 saturated carbocycles. The maximum Gasteiger partial charge on any atom is 0.337 e. The number of esters is 1. The van der Waals surface area contributed by atoms with Gasteiger partial charge < -0.3 is 4.74 Å². The molecule has 0 saturated heterocycles. The number of ether oxygens (including phenoxy) is 1. The molecule has 0 atom stereocenters. The first kappa shape index (κ1) is 47.6. The van der Waals surface area contributed by atoms with E-state index in [2.05, 4.69) is 4.74 Å². The fraction of sp³-hybridized carbons (Fsp3) is 0.0541. The number of aromatic nitrogens is 1. The highest BCUT2D eigenvalue weighted by Gasteiger charge is 2.52. The third-order valence-corrected chi connectivity index (χ3v) is 9.86. The molecule has 4 nitrogen and oxygen atoms in total. The van der Waals surface area contributed by atoms with Gasteiger partial charge in [0.2, 0.25) is 17.8 Å². The molecule has 0 radical (unpaired) electrons. The molecule has 63 heavy (non-hydrogen) atoms. The summed E-state index contributed by atoms with van der Waals surface area (Å²) >= 11 is 1.54. The standard InChI is InChI=1S/C24BF20.C13H12NO3S/c26-5-1(6(27)14(35)21(42)13(5)34)25(2-7(28)15(36)22(43)16(37)8(2)29,3-9(30)17(38)23(44)18(39)10(3)31)4-11(32)19(40)24(45)20(41)12(4)33;1-17-13(16)11-4-2-10(3-5-11)12(15)8-14-6-7-18-9-14/h;2-7,9H,8H2,1H3/q-1;+1. The maximum atomic E-state index is 15.4. The first-order valence-electron chi connectivity index (χ1n) is 16.3. The number of hydrogen-bond acceptors (Lipinski definition) is 4. The van der Waals surface area contributed by atoms with Crippen LogP contribution >= 0.6 is 11.3 Å². The SMILES string of the molecule is COC(=O)c1ccc(C(=O)C[n+]2ccsc2)cc1.Fc1c(F)c(F)c([B-](c2c(F)c(F)c(F)c(F)c2F)(c2c(F)c(F)c(F)c(F)c2F)c2c(F)c(F)c(F)c(F)c2F)c(F)c1F. The zero-order valence-corrected chi connectivity index (χ0v) is 30.8. The van der Waals surface area contributed by atoms with Gasteiger partial charge in [-0.25, -0.2) is 92.6 Å². The Morgan fingerprint density at radius 3 is 0.937 bits per heavy atom. The van der Waals surface area contributed by atoms with Gasteiger partial charge in [-0.3, -0.25) is 4.79 Å². The highest BCUT2D eigenvalue weighted by Crippen LogP contribution is 2.30. The molecule has 332 valence electrons. The van der Waals surface area contributed by atoms with Gasteiger partial charge in [-0.05, 0) is 12.1 Å². The number of carbonyl (C=O) groups excluding carboxylic acids is 2. The number of carbonyl (C=O) groups is 2. The van der Waals surface area contributed by atoms with Crippen LogP contribution in [0.3, 0.4) is 0 Å². The molecule has 0 N–H and O–H groups in total. The van der Waals surface area contributed by atoms with Crippen LogP contribution in [-0.4, -0.2) is 25.0 Å². The third-order valence-electron chi connectivity index (χ3n) is 9.19. The summed E-state index contributed by atoms with van der Waals surface area (Å²) in [4.78, 5) is 23.2. The predicted octanol–water partition coefficient (Wildman–Crippen LogP) is 7.55. The van der Waals surface area contributed by atoms with E-state index < -0.39 is 150 Å². The fourth-order valence-corrected chi connectivity index (χ4v) is 6.99. The third kappa shape index (κ3) is 7.62. The van der Waals surface area contributed by atoms with Gasteiger partial charge >= 0.3 is 5.97 Å². The highest BCUT2D eigenvalue weighted by molar-refractivity contribution is 7.20. The van der Waals surface area contributed by atoms with Crippen LogP contribution in [0.2, 0.25) is 0 Å². The first-order chi connectivity index (χ1) is 29.4. The molecule has 6 rings (SSSR count). The molecule has 0 bridgehead atoms. The molecule has 1 heterocycles. The molecule has 5 aromatic carbocycles. The quantitative estimate of drug-likeness (QED) is 0.0302. The van der Waals surface area contributed by atoms with Crippen LogP contribution in [0.15, 0.2) is 41.4 Å². The van der Waals surface area contributed by atoms with E-state index >= 15 is 35.1 Å². The zero-order valence-electron chi connectivity index (χ0n) is 30.0. The van der Waals surface area contributed by atoms with Crippen LogP contribution < -0.4 is 26.4 Å². The van der Waals surface area contributed by atoms with Crippen molar-refractivity contribution in [3.05, 3.63) is 169 Å². The van der Waals surface area contributed by atoms with Gasteiger partial charge in [0.05, 0.1) is 18.1 Å². The number of hydrogen-bond donors (Lipinski definition) is 0. The van der Waals surface area contributed by atoms with Gasteiger partial charge in [0.15, 0.2) is 76.0 Å². The Morgan fingerprint density at radius 1 is 0.444 bits per heavy atom. The summed E-state index contributed by atoms with van der Waals surface area (Å²) in [5.41, 5.74) is -11.4. The summed E-state index contributed by atoms with van der Waals surface area (Å²) in [7, 11) is 1.33. The molecule has 0 spiro atoms. The van der Waals surface area contributed by atoms with Crippen molar-refractivity contribution in [2.45, 2.75) is 6.54 Å². The van der Waals surface area contributed by atoms with Gasteiger partial charge in [0.1, 0.15) is 52.7 Å². The molecular weight excluding hydrogens is 929 g/mol. The average molecular weight is 941 g/mol. The van der Waals surface area contributed by atoms with Gasteiger partial charge in [0.25, 0.3) is 0 Å². The number of Topliss-reactive ketones (excluding diaryl/α,β-unsaturated/α-hetero) is 1. The maximum absolute atomic E-state index is 15.4. The molecule has 1 aromatic heterocycles. The predicted molar refractivity (Wildman–Crippen MR) is 176 cm³/mol. The van der Waals surface area contributed by atoms with E-state index in [4.69, 9.17) is 0 Å². The Labute approximate surface area is 340 Å². The van der Waals surface area contributed by atoms with Gasteiger partial charge in [-0.1, -0.05) is 23.5 Å². The number of rotatable bonds is 8. The molecule has 0 fully saturated rings. The number of ketones is 1. The van der Waals surface area contributed by atoms with E-state index in [1.807, 2.05) is 21.7 Å². The molecule has 0 aliphatic carbocycles. The lowest BCUT2D eigenvalue weighted by Gasteiger charge is -2.44. The molecule has 6 aromatic rings. The van der Waals surface area contributed by atoms with Crippen molar-refractivity contribution in [2.75, 3.05) is 7.11 Å². The normalized spacial score (nSPS) is 11.4. The number of halogens is 20. The van der Waals surface area contributed by atoms with Crippen LogP contribution in [0.1, 0.15) is 20.7 Å². The van der Waals surface area contributed by atoms with Crippen molar-refractivity contribution in [1.82, 2.24) is 0 Å². The monoisotopic (exact) mass is 941 g/mol. The summed E-state index contributed by atoms with van der Waals surface area (Å²) < 4.78 is 300. The Kier molecular flexibility index (Phi) is 13.4. The summed E-state index contributed by atoms with van der Waals surface area (Å²) in [6, 6.07) is 6.47. The van der Waals surface area contributed by atoms with Crippen molar-refractivity contribution in [3.8, 4) is 0 Å². The van der Waals surface area contributed by atoms with Crippen molar-refractivity contribution in [1.29, 1.82) is 0 Å². The van der Waals surface area contributed by atoms with Crippen LogP contribution in [0.4, 0.5) is 87.8 Å². The Bertz CT molecular complexity index is 2460. The molecule has 0 unspecified atom stereocenters.